The van der Waals surface area contributed by atoms with Crippen LogP contribution >= 0.6 is 0 Å². The third-order valence-electron chi connectivity index (χ3n) is 5.44. The molecule has 0 radical (unpaired) electrons. The molecule has 25 heavy (non-hydrogen) atoms. The molecule has 1 aliphatic rings. The molecule has 0 N–H and O–H groups in total. The molecule has 3 aromatic rings. The second kappa shape index (κ2) is 6.64. The van der Waals surface area contributed by atoms with E-state index in [-0.39, 0.29) is 0 Å². The smallest absolute Gasteiger partial charge is 0.195 e. The zero-order chi connectivity index (χ0) is 17.4. The van der Waals surface area contributed by atoms with Crippen LogP contribution < -0.4 is 0 Å². The molecule has 4 rings (SSSR count). The van der Waals surface area contributed by atoms with E-state index in [1.165, 1.54) is 36.3 Å². The second-order valence-corrected chi connectivity index (χ2v) is 7.08. The van der Waals surface area contributed by atoms with Gasteiger partial charge in [-0.2, -0.15) is 5.10 Å². The van der Waals surface area contributed by atoms with Crippen LogP contribution in [0.5, 0.6) is 0 Å². The lowest BCUT2D eigenvalue weighted by molar-refractivity contribution is 0.250. The van der Waals surface area contributed by atoms with Gasteiger partial charge < -0.3 is 4.42 Å². The first-order valence-electron chi connectivity index (χ1n) is 9.22. The van der Waals surface area contributed by atoms with Crippen molar-refractivity contribution in [1.82, 2.24) is 19.7 Å². The Labute approximate surface area is 148 Å². The maximum absolute atomic E-state index is 5.84. The van der Waals surface area contributed by atoms with Crippen molar-refractivity contribution in [2.45, 2.75) is 45.6 Å². The maximum atomic E-state index is 5.84. The molecule has 1 aromatic carbocycles. The molecular formula is C20H26N4O. The highest BCUT2D eigenvalue weighted by molar-refractivity contribution is 5.72. The summed E-state index contributed by atoms with van der Waals surface area (Å²) in [7, 11) is 2.04. The van der Waals surface area contributed by atoms with E-state index in [9.17, 15) is 0 Å². The van der Waals surface area contributed by atoms with Gasteiger partial charge in [0.1, 0.15) is 5.52 Å². The van der Waals surface area contributed by atoms with Gasteiger partial charge in [-0.15, -0.1) is 0 Å². The van der Waals surface area contributed by atoms with Crippen molar-refractivity contribution < 1.29 is 4.42 Å². The fourth-order valence-corrected chi connectivity index (χ4v) is 4.15. The number of oxazole rings is 1. The largest absolute Gasteiger partial charge is 0.441 e. The predicted molar refractivity (Wildman–Crippen MR) is 98.6 cm³/mol. The van der Waals surface area contributed by atoms with E-state index in [0.717, 1.165) is 36.4 Å². The zero-order valence-electron chi connectivity index (χ0n) is 15.3. The van der Waals surface area contributed by atoms with E-state index in [1.807, 2.05) is 36.0 Å². The van der Waals surface area contributed by atoms with Crippen LogP contribution in [0, 0.1) is 13.8 Å². The van der Waals surface area contributed by atoms with Crippen LogP contribution in [0.2, 0.25) is 0 Å². The Bertz CT molecular complexity index is 846. The Hall–Kier alpha value is -2.14. The topological polar surface area (TPSA) is 47.1 Å². The van der Waals surface area contributed by atoms with Gasteiger partial charge in [0.2, 0.25) is 0 Å². The average molecular weight is 338 g/mol. The van der Waals surface area contributed by atoms with Crippen LogP contribution in [-0.2, 0) is 13.5 Å². The second-order valence-electron chi connectivity index (χ2n) is 7.08. The Morgan fingerprint density at radius 3 is 2.84 bits per heavy atom. The molecule has 0 saturated carbocycles. The first-order valence-corrected chi connectivity index (χ1v) is 9.22. The number of aromatic nitrogens is 3. The van der Waals surface area contributed by atoms with Gasteiger partial charge in [0, 0.05) is 30.8 Å². The highest BCUT2D eigenvalue weighted by Crippen LogP contribution is 2.35. The number of hydrogen-bond acceptors (Lipinski definition) is 4. The normalized spacial score (nSPS) is 18.4. The maximum Gasteiger partial charge on any atom is 0.195 e. The number of likely N-dealkylation sites (tertiary alicyclic amines) is 1. The molecule has 0 unspecified atom stereocenters. The molecule has 1 saturated heterocycles. The number of para-hydroxylation sites is 2. The third kappa shape index (κ3) is 3.09. The molecule has 0 bridgehead atoms. The Morgan fingerprint density at radius 1 is 1.24 bits per heavy atom. The van der Waals surface area contributed by atoms with Crippen molar-refractivity contribution in [1.29, 1.82) is 0 Å². The summed E-state index contributed by atoms with van der Waals surface area (Å²) in [5.41, 5.74) is 5.75. The van der Waals surface area contributed by atoms with E-state index in [0.29, 0.717) is 6.04 Å². The van der Waals surface area contributed by atoms with E-state index >= 15 is 0 Å². The molecule has 5 nitrogen and oxygen atoms in total. The monoisotopic (exact) mass is 338 g/mol. The van der Waals surface area contributed by atoms with Crippen LogP contribution in [0.25, 0.3) is 11.1 Å². The number of rotatable bonds is 5. The van der Waals surface area contributed by atoms with E-state index in [1.54, 1.807) is 0 Å². The molecule has 5 heteroatoms. The van der Waals surface area contributed by atoms with Gasteiger partial charge in [-0.25, -0.2) is 4.98 Å². The van der Waals surface area contributed by atoms with Crippen molar-refractivity contribution in [3.8, 4) is 0 Å². The molecule has 1 fully saturated rings. The number of hydrogen-bond donors (Lipinski definition) is 0. The summed E-state index contributed by atoms with van der Waals surface area (Å²) < 4.78 is 7.86. The van der Waals surface area contributed by atoms with E-state index in [2.05, 4.69) is 28.8 Å². The Kier molecular flexibility index (Phi) is 4.34. The SMILES string of the molecule is Cc1nn(C)c(C)c1[C@H]1CCCN1CCCc1nc2ccccc2o1. The molecule has 1 aliphatic heterocycles. The quantitative estimate of drug-likeness (QED) is 0.707. The lowest BCUT2D eigenvalue weighted by Gasteiger charge is -2.24. The summed E-state index contributed by atoms with van der Waals surface area (Å²) in [6.07, 6.45) is 4.46. The van der Waals surface area contributed by atoms with Gasteiger partial charge in [0.05, 0.1) is 5.69 Å². The molecule has 3 heterocycles. The van der Waals surface area contributed by atoms with Crippen LogP contribution in [-0.4, -0.2) is 32.8 Å². The van der Waals surface area contributed by atoms with Crippen LogP contribution in [0.1, 0.15) is 48.1 Å². The van der Waals surface area contributed by atoms with Crippen molar-refractivity contribution in [2.24, 2.45) is 7.05 Å². The van der Waals surface area contributed by atoms with Crippen molar-refractivity contribution >= 4 is 11.1 Å². The molecule has 1 atom stereocenters. The average Bonchev–Trinajstić information content (AvgIpc) is 3.26. The molecule has 0 amide bonds. The summed E-state index contributed by atoms with van der Waals surface area (Å²) >= 11 is 0. The molecule has 0 aliphatic carbocycles. The van der Waals surface area contributed by atoms with Gasteiger partial charge in [0.15, 0.2) is 11.5 Å². The summed E-state index contributed by atoms with van der Waals surface area (Å²) in [5.74, 6) is 0.852. The number of benzene rings is 1. The van der Waals surface area contributed by atoms with Gasteiger partial charge >= 0.3 is 0 Å². The van der Waals surface area contributed by atoms with E-state index in [4.69, 9.17) is 4.42 Å². The first kappa shape index (κ1) is 16.3. The molecule has 2 aromatic heterocycles. The predicted octanol–water partition coefficient (Wildman–Crippen LogP) is 3.95. The molecule has 132 valence electrons. The van der Waals surface area contributed by atoms with Crippen molar-refractivity contribution in [3.05, 3.63) is 47.1 Å². The van der Waals surface area contributed by atoms with Crippen LogP contribution in [0.4, 0.5) is 0 Å². The lowest BCUT2D eigenvalue weighted by Crippen LogP contribution is -2.25. The molecular weight excluding hydrogens is 312 g/mol. The number of aryl methyl sites for hydroxylation is 3. The Balaban J connectivity index is 1.41. The van der Waals surface area contributed by atoms with Gasteiger partial charge in [-0.3, -0.25) is 9.58 Å². The summed E-state index contributed by atoms with van der Waals surface area (Å²) in [6, 6.07) is 8.49. The summed E-state index contributed by atoms with van der Waals surface area (Å²) in [4.78, 5) is 7.20. The lowest BCUT2D eigenvalue weighted by atomic mass is 10.0. The highest BCUT2D eigenvalue weighted by atomic mass is 16.3. The first-order chi connectivity index (χ1) is 12.1. The van der Waals surface area contributed by atoms with Gasteiger partial charge in [0.25, 0.3) is 0 Å². The van der Waals surface area contributed by atoms with E-state index < -0.39 is 0 Å². The van der Waals surface area contributed by atoms with Gasteiger partial charge in [-0.05, 0) is 58.3 Å². The minimum atomic E-state index is 0.511. The number of fused-ring (bicyclic) bond motifs is 1. The highest BCUT2D eigenvalue weighted by Gasteiger charge is 2.29. The minimum absolute atomic E-state index is 0.511. The third-order valence-corrected chi connectivity index (χ3v) is 5.44. The summed E-state index contributed by atoms with van der Waals surface area (Å²) in [6.45, 7) is 6.57. The summed E-state index contributed by atoms with van der Waals surface area (Å²) in [5, 5.41) is 4.61. The standard InChI is InChI=1S/C20H26N4O/c1-14-20(15(2)23(3)22-14)17-9-6-12-24(17)13-7-11-19-21-16-8-4-5-10-18(16)25-19/h4-5,8,10,17H,6-7,9,11-13H2,1-3H3/t17-/m1/s1. The fourth-order valence-electron chi connectivity index (χ4n) is 4.15. The fraction of sp³-hybridized carbons (Fsp3) is 0.500. The number of nitrogens with zero attached hydrogens (tertiary/aromatic N) is 4. The minimum Gasteiger partial charge on any atom is -0.441 e. The van der Waals surface area contributed by atoms with Crippen molar-refractivity contribution in [2.75, 3.05) is 13.1 Å². The van der Waals surface area contributed by atoms with Crippen LogP contribution in [0.3, 0.4) is 0 Å². The Morgan fingerprint density at radius 2 is 2.08 bits per heavy atom. The van der Waals surface area contributed by atoms with Crippen molar-refractivity contribution in [3.63, 3.8) is 0 Å². The van der Waals surface area contributed by atoms with Crippen LogP contribution in [0.15, 0.2) is 28.7 Å². The molecule has 0 spiro atoms. The van der Waals surface area contributed by atoms with Gasteiger partial charge in [-0.1, -0.05) is 12.1 Å². The zero-order valence-corrected chi connectivity index (χ0v) is 15.3.